The zero-order chi connectivity index (χ0) is 20.2. The summed E-state index contributed by atoms with van der Waals surface area (Å²) in [6.07, 6.45) is 8.56. The number of morpholine rings is 1. The van der Waals surface area contributed by atoms with E-state index in [0.717, 1.165) is 68.0 Å². The van der Waals surface area contributed by atoms with Crippen molar-refractivity contribution >= 4 is 33.3 Å². The van der Waals surface area contributed by atoms with Crippen molar-refractivity contribution in [2.24, 2.45) is 17.6 Å². The van der Waals surface area contributed by atoms with Crippen LogP contribution in [0, 0.1) is 11.8 Å². The molecule has 1 amide bonds. The zero-order valence-corrected chi connectivity index (χ0v) is 18.0. The molecule has 3 aliphatic carbocycles. The molecule has 3 atom stereocenters. The first-order chi connectivity index (χ1) is 14.7. The minimum absolute atomic E-state index is 0.000988. The van der Waals surface area contributed by atoms with Crippen LogP contribution in [0.15, 0.2) is 6.33 Å². The van der Waals surface area contributed by atoms with Crippen LogP contribution in [-0.4, -0.2) is 59.2 Å². The van der Waals surface area contributed by atoms with Gasteiger partial charge in [0.05, 0.1) is 18.6 Å². The van der Waals surface area contributed by atoms with E-state index in [1.54, 1.807) is 17.7 Å². The molecule has 30 heavy (non-hydrogen) atoms. The van der Waals surface area contributed by atoms with Gasteiger partial charge in [-0.2, -0.15) is 0 Å². The fraction of sp³-hybridized carbons (Fsp3) is 0.682. The van der Waals surface area contributed by atoms with Gasteiger partial charge in [-0.05, 0) is 50.0 Å². The minimum atomic E-state index is -0.148. The van der Waals surface area contributed by atoms with E-state index in [0.29, 0.717) is 18.0 Å². The fourth-order valence-corrected chi connectivity index (χ4v) is 7.39. The predicted octanol–water partition coefficient (Wildman–Crippen LogP) is 2.51. The molecule has 2 saturated carbocycles. The smallest absolute Gasteiger partial charge is 0.221 e. The maximum atomic E-state index is 11.9. The number of anilines is 1. The highest BCUT2D eigenvalue weighted by Crippen LogP contribution is 2.63. The molecular formula is C22H29N5O2S. The van der Waals surface area contributed by atoms with E-state index in [-0.39, 0.29) is 17.7 Å². The molecule has 160 valence electrons. The average Bonchev–Trinajstić information content (AvgIpc) is 3.39. The number of nitrogens with one attached hydrogen (secondary N) is 1. The molecule has 3 unspecified atom stereocenters. The molecule has 3 fully saturated rings. The zero-order valence-electron chi connectivity index (χ0n) is 17.2. The summed E-state index contributed by atoms with van der Waals surface area (Å²) in [5.74, 6) is 1.52. The second kappa shape index (κ2) is 7.43. The Bertz CT molecular complexity index is 964. The maximum absolute atomic E-state index is 11.9. The Morgan fingerprint density at radius 3 is 2.73 bits per heavy atom. The van der Waals surface area contributed by atoms with Gasteiger partial charge >= 0.3 is 0 Å². The molecule has 2 aromatic heterocycles. The summed E-state index contributed by atoms with van der Waals surface area (Å²) >= 11 is 1.78. The van der Waals surface area contributed by atoms with Crippen molar-refractivity contribution < 1.29 is 9.53 Å². The number of carbonyl (C=O) groups excluding carboxylic acids is 1. The van der Waals surface area contributed by atoms with Gasteiger partial charge in [0.2, 0.25) is 5.91 Å². The highest BCUT2D eigenvalue weighted by atomic mass is 32.1. The highest BCUT2D eigenvalue weighted by Gasteiger charge is 2.57. The number of ether oxygens (including phenoxy) is 1. The van der Waals surface area contributed by atoms with Crippen molar-refractivity contribution in [3.8, 4) is 0 Å². The lowest BCUT2D eigenvalue weighted by Gasteiger charge is -2.39. The van der Waals surface area contributed by atoms with E-state index in [9.17, 15) is 4.79 Å². The van der Waals surface area contributed by atoms with Gasteiger partial charge < -0.3 is 15.8 Å². The second-order valence-corrected chi connectivity index (χ2v) is 10.4. The Morgan fingerprint density at radius 2 is 1.97 bits per heavy atom. The number of nitrogens with two attached hydrogens (primary N) is 1. The third-order valence-corrected chi connectivity index (χ3v) is 8.91. The number of rotatable bonds is 4. The van der Waals surface area contributed by atoms with E-state index in [2.05, 4.69) is 20.2 Å². The standard InChI is InChI=1S/C22H29N5O2S/c23-20(28)17-14-5-6-15-18(16(14)17)19-21(24-11-25-22(19)30-15)26-12-1-3-13(4-2-12)27-7-9-29-10-8-27/h11-14,16-17H,1-10H2,(H2,23,28)(H,24,25,26). The number of thiophene rings is 1. The first kappa shape index (κ1) is 19.0. The molecule has 6 rings (SSSR count). The molecule has 4 aliphatic rings. The number of nitrogens with zero attached hydrogens (tertiary/aromatic N) is 3. The molecule has 3 N–H and O–H groups in total. The first-order valence-corrected chi connectivity index (χ1v) is 12.2. The summed E-state index contributed by atoms with van der Waals surface area (Å²) in [7, 11) is 0. The number of primary amides is 1. The van der Waals surface area contributed by atoms with Crippen LogP contribution in [0.1, 0.15) is 48.5 Å². The van der Waals surface area contributed by atoms with Crippen molar-refractivity contribution in [1.82, 2.24) is 14.9 Å². The van der Waals surface area contributed by atoms with Crippen LogP contribution in [0.4, 0.5) is 5.82 Å². The predicted molar refractivity (Wildman–Crippen MR) is 117 cm³/mol. The molecule has 0 spiro atoms. The van der Waals surface area contributed by atoms with Gasteiger partial charge in [0.25, 0.3) is 0 Å². The lowest BCUT2D eigenvalue weighted by molar-refractivity contribution is -0.119. The van der Waals surface area contributed by atoms with Crippen LogP contribution in [0.25, 0.3) is 10.2 Å². The Morgan fingerprint density at radius 1 is 1.17 bits per heavy atom. The Kier molecular flexibility index (Phi) is 4.69. The topological polar surface area (TPSA) is 93.4 Å². The van der Waals surface area contributed by atoms with Crippen molar-refractivity contribution in [1.29, 1.82) is 0 Å². The number of aryl methyl sites for hydroxylation is 1. The Hall–Kier alpha value is -1.77. The molecule has 1 saturated heterocycles. The number of amides is 1. The number of carbonyl (C=O) groups is 1. The van der Waals surface area contributed by atoms with Gasteiger partial charge in [0.1, 0.15) is 17.0 Å². The SMILES string of the molecule is NC(=O)C1C2CCc3sc4ncnc(NC5CCC(N6CCOCC6)CC5)c4c3C21. The maximum Gasteiger partial charge on any atom is 0.221 e. The Balaban J connectivity index is 1.22. The van der Waals surface area contributed by atoms with Crippen molar-refractivity contribution in [3.05, 3.63) is 16.8 Å². The summed E-state index contributed by atoms with van der Waals surface area (Å²) in [6.45, 7) is 3.88. The van der Waals surface area contributed by atoms with Crippen LogP contribution in [0.3, 0.4) is 0 Å². The fourth-order valence-electron chi connectivity index (χ4n) is 6.18. The number of aromatic nitrogens is 2. The summed E-state index contributed by atoms with van der Waals surface area (Å²) in [5, 5.41) is 4.92. The van der Waals surface area contributed by atoms with E-state index < -0.39 is 0 Å². The number of hydrogen-bond acceptors (Lipinski definition) is 7. The molecule has 0 aromatic carbocycles. The number of hydrogen-bond donors (Lipinski definition) is 2. The summed E-state index contributed by atoms with van der Waals surface area (Å²) in [5.41, 5.74) is 7.01. The van der Waals surface area contributed by atoms with Crippen molar-refractivity contribution in [2.75, 3.05) is 31.6 Å². The van der Waals surface area contributed by atoms with Gasteiger partial charge in [-0.25, -0.2) is 9.97 Å². The van der Waals surface area contributed by atoms with E-state index in [1.165, 1.54) is 23.3 Å². The summed E-state index contributed by atoms with van der Waals surface area (Å²) < 4.78 is 5.51. The van der Waals surface area contributed by atoms with Gasteiger partial charge in [0, 0.05) is 41.9 Å². The lowest BCUT2D eigenvalue weighted by atomic mass is 9.89. The van der Waals surface area contributed by atoms with Gasteiger partial charge in [-0.15, -0.1) is 11.3 Å². The largest absolute Gasteiger partial charge is 0.379 e. The molecular weight excluding hydrogens is 398 g/mol. The molecule has 3 heterocycles. The molecule has 0 radical (unpaired) electrons. The molecule has 1 aliphatic heterocycles. The third kappa shape index (κ3) is 3.11. The van der Waals surface area contributed by atoms with Crippen LogP contribution in [-0.2, 0) is 16.0 Å². The highest BCUT2D eigenvalue weighted by molar-refractivity contribution is 7.19. The van der Waals surface area contributed by atoms with Crippen LogP contribution in [0.2, 0.25) is 0 Å². The second-order valence-electron chi connectivity index (χ2n) is 9.30. The monoisotopic (exact) mass is 427 g/mol. The first-order valence-electron chi connectivity index (χ1n) is 11.3. The van der Waals surface area contributed by atoms with Crippen LogP contribution < -0.4 is 11.1 Å². The van der Waals surface area contributed by atoms with Crippen molar-refractivity contribution in [2.45, 2.75) is 56.5 Å². The molecule has 2 aromatic rings. The van der Waals surface area contributed by atoms with Crippen LogP contribution >= 0.6 is 11.3 Å². The minimum Gasteiger partial charge on any atom is -0.379 e. The Labute approximate surface area is 180 Å². The van der Waals surface area contributed by atoms with Crippen LogP contribution in [0.5, 0.6) is 0 Å². The quantitative estimate of drug-likeness (QED) is 0.779. The molecule has 0 bridgehead atoms. The third-order valence-electron chi connectivity index (χ3n) is 7.74. The van der Waals surface area contributed by atoms with E-state index in [4.69, 9.17) is 10.5 Å². The summed E-state index contributed by atoms with van der Waals surface area (Å²) in [4.78, 5) is 26.2. The lowest BCUT2D eigenvalue weighted by Crippen LogP contribution is -2.46. The van der Waals surface area contributed by atoms with E-state index >= 15 is 0 Å². The van der Waals surface area contributed by atoms with Crippen molar-refractivity contribution in [3.63, 3.8) is 0 Å². The average molecular weight is 428 g/mol. The molecule has 7 nitrogen and oxygen atoms in total. The normalized spacial score (nSPS) is 33.7. The molecule has 8 heteroatoms. The van der Waals surface area contributed by atoms with Gasteiger partial charge in [0.15, 0.2) is 0 Å². The number of fused-ring (bicyclic) bond motifs is 5. The van der Waals surface area contributed by atoms with E-state index in [1.807, 2.05) is 0 Å². The van der Waals surface area contributed by atoms with Gasteiger partial charge in [-0.1, -0.05) is 0 Å². The van der Waals surface area contributed by atoms with Gasteiger partial charge in [-0.3, -0.25) is 9.69 Å². The summed E-state index contributed by atoms with van der Waals surface area (Å²) in [6, 6.07) is 1.14.